The molecule has 2 N–H and O–H groups in total. The number of carboxylic acid groups (broad SMARTS) is 1. The van der Waals surface area contributed by atoms with Crippen molar-refractivity contribution in [2.45, 2.75) is 24.8 Å². The zero-order valence-corrected chi connectivity index (χ0v) is 10.9. The van der Waals surface area contributed by atoms with E-state index in [0.717, 1.165) is 17.2 Å². The predicted molar refractivity (Wildman–Crippen MR) is 75.6 cm³/mol. The monoisotopic (exact) mass is 269 g/mol. The van der Waals surface area contributed by atoms with Crippen LogP contribution in [-0.4, -0.2) is 22.5 Å². The SMILES string of the molecule is O=C(NC1(C(=O)O)CCC1)c1ccc2ccccc2c1. The highest BCUT2D eigenvalue weighted by atomic mass is 16.4. The Hall–Kier alpha value is -2.36. The average molecular weight is 269 g/mol. The molecule has 0 bridgehead atoms. The lowest BCUT2D eigenvalue weighted by atomic mass is 9.76. The number of carbonyl (C=O) groups is 2. The van der Waals surface area contributed by atoms with E-state index in [0.29, 0.717) is 18.4 Å². The first-order chi connectivity index (χ1) is 9.61. The van der Waals surface area contributed by atoms with E-state index in [4.69, 9.17) is 0 Å². The highest BCUT2D eigenvalue weighted by molar-refractivity contribution is 6.01. The Morgan fingerprint density at radius 1 is 1.05 bits per heavy atom. The topological polar surface area (TPSA) is 66.4 Å². The molecule has 2 aromatic rings. The number of fused-ring (bicyclic) bond motifs is 1. The molecule has 0 radical (unpaired) electrons. The molecule has 102 valence electrons. The molecule has 3 rings (SSSR count). The Kier molecular flexibility index (Phi) is 2.93. The number of nitrogens with one attached hydrogen (secondary N) is 1. The highest BCUT2D eigenvalue weighted by Crippen LogP contribution is 2.32. The van der Waals surface area contributed by atoms with Crippen LogP contribution in [0.1, 0.15) is 29.6 Å². The molecule has 1 aliphatic carbocycles. The lowest BCUT2D eigenvalue weighted by molar-refractivity contribution is -0.148. The van der Waals surface area contributed by atoms with Crippen molar-refractivity contribution in [2.75, 3.05) is 0 Å². The fourth-order valence-electron chi connectivity index (χ4n) is 2.54. The summed E-state index contributed by atoms with van der Waals surface area (Å²) in [6.45, 7) is 0. The summed E-state index contributed by atoms with van der Waals surface area (Å²) in [7, 11) is 0. The molecule has 0 spiro atoms. The lowest BCUT2D eigenvalue weighted by Gasteiger charge is -2.38. The third kappa shape index (κ3) is 2.03. The van der Waals surface area contributed by atoms with Gasteiger partial charge in [0.15, 0.2) is 0 Å². The molecular formula is C16H15NO3. The van der Waals surface area contributed by atoms with E-state index in [-0.39, 0.29) is 5.91 Å². The van der Waals surface area contributed by atoms with Crippen LogP contribution < -0.4 is 5.32 Å². The van der Waals surface area contributed by atoms with Gasteiger partial charge in [0, 0.05) is 5.56 Å². The summed E-state index contributed by atoms with van der Waals surface area (Å²) in [4.78, 5) is 23.5. The number of carbonyl (C=O) groups excluding carboxylic acids is 1. The number of aliphatic carboxylic acids is 1. The zero-order valence-electron chi connectivity index (χ0n) is 10.9. The third-order valence-electron chi connectivity index (χ3n) is 3.98. The van der Waals surface area contributed by atoms with Crippen LogP contribution in [0.4, 0.5) is 0 Å². The molecule has 1 amide bonds. The summed E-state index contributed by atoms with van der Waals surface area (Å²) in [6, 6.07) is 13.2. The van der Waals surface area contributed by atoms with Crippen molar-refractivity contribution in [2.24, 2.45) is 0 Å². The van der Waals surface area contributed by atoms with E-state index in [2.05, 4.69) is 5.32 Å². The normalized spacial score (nSPS) is 16.4. The van der Waals surface area contributed by atoms with Gasteiger partial charge in [-0.2, -0.15) is 0 Å². The average Bonchev–Trinajstić information content (AvgIpc) is 2.41. The third-order valence-corrected chi connectivity index (χ3v) is 3.98. The number of benzene rings is 2. The van der Waals surface area contributed by atoms with Gasteiger partial charge in [-0.15, -0.1) is 0 Å². The van der Waals surface area contributed by atoms with E-state index in [1.54, 1.807) is 12.1 Å². The Morgan fingerprint density at radius 3 is 2.35 bits per heavy atom. The molecule has 4 nitrogen and oxygen atoms in total. The van der Waals surface area contributed by atoms with Gasteiger partial charge in [0.2, 0.25) is 0 Å². The molecular weight excluding hydrogens is 254 g/mol. The van der Waals surface area contributed by atoms with Gasteiger partial charge in [-0.3, -0.25) is 4.79 Å². The number of hydrogen-bond acceptors (Lipinski definition) is 2. The molecule has 1 aliphatic rings. The van der Waals surface area contributed by atoms with E-state index in [1.165, 1.54) is 0 Å². The van der Waals surface area contributed by atoms with Crippen LogP contribution in [0, 0.1) is 0 Å². The fraction of sp³-hybridized carbons (Fsp3) is 0.250. The van der Waals surface area contributed by atoms with E-state index in [1.807, 2.05) is 30.3 Å². The molecule has 0 atom stereocenters. The van der Waals surface area contributed by atoms with Crippen LogP contribution in [0.5, 0.6) is 0 Å². The Balaban J connectivity index is 1.87. The van der Waals surface area contributed by atoms with Crippen LogP contribution in [0.15, 0.2) is 42.5 Å². The summed E-state index contributed by atoms with van der Waals surface area (Å²) in [5.74, 6) is -1.27. The first-order valence-corrected chi connectivity index (χ1v) is 6.65. The fourth-order valence-corrected chi connectivity index (χ4v) is 2.54. The maximum atomic E-state index is 12.2. The molecule has 20 heavy (non-hydrogen) atoms. The Labute approximate surface area is 116 Å². The van der Waals surface area contributed by atoms with Gasteiger partial charge >= 0.3 is 5.97 Å². The Morgan fingerprint density at radius 2 is 1.75 bits per heavy atom. The number of hydrogen-bond donors (Lipinski definition) is 2. The van der Waals surface area contributed by atoms with Crippen LogP contribution in [0.3, 0.4) is 0 Å². The van der Waals surface area contributed by atoms with Crippen molar-refractivity contribution >= 4 is 22.6 Å². The molecule has 2 aromatic carbocycles. The van der Waals surface area contributed by atoms with Crippen LogP contribution in [0.2, 0.25) is 0 Å². The van der Waals surface area contributed by atoms with E-state index in [9.17, 15) is 14.7 Å². The van der Waals surface area contributed by atoms with Gasteiger partial charge in [0.25, 0.3) is 5.91 Å². The smallest absolute Gasteiger partial charge is 0.329 e. The second-order valence-electron chi connectivity index (χ2n) is 5.26. The summed E-state index contributed by atoms with van der Waals surface area (Å²) < 4.78 is 0. The molecule has 0 unspecified atom stereocenters. The zero-order chi connectivity index (χ0) is 14.2. The first kappa shape index (κ1) is 12.7. The second-order valence-corrected chi connectivity index (χ2v) is 5.26. The van der Waals surface area contributed by atoms with E-state index < -0.39 is 11.5 Å². The summed E-state index contributed by atoms with van der Waals surface area (Å²) in [6.07, 6.45) is 1.84. The van der Waals surface area contributed by atoms with Crippen LogP contribution in [0.25, 0.3) is 10.8 Å². The minimum Gasteiger partial charge on any atom is -0.480 e. The van der Waals surface area contributed by atoms with Gasteiger partial charge in [-0.1, -0.05) is 30.3 Å². The van der Waals surface area contributed by atoms with E-state index >= 15 is 0 Å². The number of amides is 1. The van der Waals surface area contributed by atoms with Gasteiger partial charge in [-0.25, -0.2) is 4.79 Å². The lowest BCUT2D eigenvalue weighted by Crippen LogP contribution is -2.59. The number of rotatable bonds is 3. The largest absolute Gasteiger partial charge is 0.480 e. The van der Waals surface area contributed by atoms with Crippen LogP contribution in [-0.2, 0) is 4.79 Å². The highest BCUT2D eigenvalue weighted by Gasteiger charge is 2.45. The number of carboxylic acids is 1. The minimum atomic E-state index is -1.07. The maximum Gasteiger partial charge on any atom is 0.329 e. The standard InChI is InChI=1S/C16H15NO3/c18-14(17-16(15(19)20)8-3-9-16)13-7-6-11-4-1-2-5-12(11)10-13/h1-2,4-7,10H,3,8-9H2,(H,17,18)(H,19,20). The second kappa shape index (κ2) is 4.63. The molecule has 0 heterocycles. The maximum absolute atomic E-state index is 12.2. The van der Waals surface area contributed by atoms with Crippen molar-refractivity contribution in [1.82, 2.24) is 5.32 Å². The van der Waals surface area contributed by atoms with Crippen molar-refractivity contribution in [3.63, 3.8) is 0 Å². The summed E-state index contributed by atoms with van der Waals surface area (Å²) >= 11 is 0. The molecule has 0 aliphatic heterocycles. The Bertz CT molecular complexity index is 689. The van der Waals surface area contributed by atoms with Gasteiger partial charge in [-0.05, 0) is 42.2 Å². The van der Waals surface area contributed by atoms with Crippen molar-refractivity contribution in [3.8, 4) is 0 Å². The van der Waals surface area contributed by atoms with Crippen LogP contribution >= 0.6 is 0 Å². The molecule has 0 aromatic heterocycles. The van der Waals surface area contributed by atoms with Crippen molar-refractivity contribution in [3.05, 3.63) is 48.0 Å². The molecule has 1 saturated carbocycles. The molecule has 4 heteroatoms. The van der Waals surface area contributed by atoms with Crippen molar-refractivity contribution in [1.29, 1.82) is 0 Å². The minimum absolute atomic E-state index is 0.321. The molecule has 0 saturated heterocycles. The first-order valence-electron chi connectivity index (χ1n) is 6.65. The summed E-state index contributed by atoms with van der Waals surface area (Å²) in [5.41, 5.74) is -0.570. The van der Waals surface area contributed by atoms with Gasteiger partial charge in [0.05, 0.1) is 0 Å². The quantitative estimate of drug-likeness (QED) is 0.900. The van der Waals surface area contributed by atoms with Gasteiger partial charge in [0.1, 0.15) is 5.54 Å². The summed E-state index contributed by atoms with van der Waals surface area (Å²) in [5, 5.41) is 13.9. The van der Waals surface area contributed by atoms with Gasteiger partial charge < -0.3 is 10.4 Å². The van der Waals surface area contributed by atoms with Crippen molar-refractivity contribution < 1.29 is 14.7 Å². The molecule has 1 fully saturated rings. The predicted octanol–water partition coefficient (Wildman–Crippen LogP) is 2.58.